The maximum absolute atomic E-state index is 12.5. The summed E-state index contributed by atoms with van der Waals surface area (Å²) < 4.78 is 5.06. The van der Waals surface area contributed by atoms with E-state index in [9.17, 15) is 14.4 Å². The number of rotatable bonds is 5. The van der Waals surface area contributed by atoms with Crippen molar-refractivity contribution in [2.75, 3.05) is 0 Å². The number of hydrogen-bond donors (Lipinski definition) is 1. The summed E-state index contributed by atoms with van der Waals surface area (Å²) in [5.41, 5.74) is 1.13. The molecule has 0 saturated heterocycles. The van der Waals surface area contributed by atoms with Gasteiger partial charge in [-0.1, -0.05) is 36.4 Å². The number of carboxylic acids is 1. The van der Waals surface area contributed by atoms with E-state index in [0.717, 1.165) is 0 Å². The SMILES string of the molecule is CC(=O)Oc1cc(CC(=O)O)ccc1C(=O)c1ccccc1. The number of hydrogen-bond acceptors (Lipinski definition) is 4. The second-order valence-electron chi connectivity index (χ2n) is 4.69. The summed E-state index contributed by atoms with van der Waals surface area (Å²) in [5.74, 6) is -1.80. The van der Waals surface area contributed by atoms with Crippen LogP contribution in [0, 0.1) is 0 Å². The summed E-state index contributed by atoms with van der Waals surface area (Å²) in [6.45, 7) is 1.22. The Bertz CT molecular complexity index is 719. The normalized spacial score (nSPS) is 10.0. The molecule has 2 aromatic rings. The van der Waals surface area contributed by atoms with E-state index in [4.69, 9.17) is 9.84 Å². The summed E-state index contributed by atoms with van der Waals surface area (Å²) >= 11 is 0. The van der Waals surface area contributed by atoms with Crippen LogP contribution in [0.4, 0.5) is 0 Å². The highest BCUT2D eigenvalue weighted by molar-refractivity contribution is 6.11. The van der Waals surface area contributed by atoms with E-state index >= 15 is 0 Å². The summed E-state index contributed by atoms with van der Waals surface area (Å²) in [6, 6.07) is 13.0. The molecule has 2 aromatic carbocycles. The molecule has 1 N–H and O–H groups in total. The number of ketones is 1. The Morgan fingerprint density at radius 1 is 1.05 bits per heavy atom. The molecule has 0 atom stereocenters. The Morgan fingerprint density at radius 3 is 2.32 bits per heavy atom. The lowest BCUT2D eigenvalue weighted by Gasteiger charge is -2.10. The minimum Gasteiger partial charge on any atom is -0.481 e. The number of ether oxygens (including phenoxy) is 1. The van der Waals surface area contributed by atoms with E-state index in [1.165, 1.54) is 25.1 Å². The van der Waals surface area contributed by atoms with Crippen molar-refractivity contribution >= 4 is 17.7 Å². The molecule has 0 heterocycles. The van der Waals surface area contributed by atoms with Gasteiger partial charge >= 0.3 is 11.9 Å². The van der Waals surface area contributed by atoms with Crippen molar-refractivity contribution < 1.29 is 24.2 Å². The van der Waals surface area contributed by atoms with Crippen LogP contribution >= 0.6 is 0 Å². The van der Waals surface area contributed by atoms with E-state index in [2.05, 4.69) is 0 Å². The summed E-state index contributed by atoms with van der Waals surface area (Å²) in [6.07, 6.45) is -0.214. The Hall–Kier alpha value is -2.95. The van der Waals surface area contributed by atoms with E-state index in [1.807, 2.05) is 0 Å². The van der Waals surface area contributed by atoms with Gasteiger partial charge in [0.05, 0.1) is 12.0 Å². The van der Waals surface area contributed by atoms with Crippen LogP contribution in [0.15, 0.2) is 48.5 Å². The number of carbonyl (C=O) groups is 3. The fourth-order valence-corrected chi connectivity index (χ4v) is 2.02. The minimum atomic E-state index is -1.00. The van der Waals surface area contributed by atoms with Gasteiger partial charge in [0.25, 0.3) is 0 Å². The Morgan fingerprint density at radius 2 is 1.73 bits per heavy atom. The molecule has 0 aliphatic carbocycles. The van der Waals surface area contributed by atoms with Gasteiger partial charge in [0.2, 0.25) is 0 Å². The molecule has 2 rings (SSSR count). The molecule has 112 valence electrons. The van der Waals surface area contributed by atoms with Crippen LogP contribution in [0.3, 0.4) is 0 Å². The Labute approximate surface area is 127 Å². The Kier molecular flexibility index (Phi) is 4.68. The van der Waals surface area contributed by atoms with Crippen LogP contribution in [0.1, 0.15) is 28.4 Å². The largest absolute Gasteiger partial charge is 0.481 e. The number of carbonyl (C=O) groups excluding carboxylic acids is 2. The lowest BCUT2D eigenvalue weighted by atomic mass is 10.00. The molecular formula is C17H14O5. The van der Waals surface area contributed by atoms with Crippen LogP contribution in [0.2, 0.25) is 0 Å². The van der Waals surface area contributed by atoms with Gasteiger partial charge in [-0.15, -0.1) is 0 Å². The van der Waals surface area contributed by atoms with Crippen LogP contribution in [0.25, 0.3) is 0 Å². The van der Waals surface area contributed by atoms with Crippen molar-refractivity contribution in [3.8, 4) is 5.75 Å². The van der Waals surface area contributed by atoms with Gasteiger partial charge in [-0.25, -0.2) is 0 Å². The topological polar surface area (TPSA) is 80.7 Å². The summed E-state index contributed by atoms with van der Waals surface area (Å²) in [7, 11) is 0. The van der Waals surface area contributed by atoms with E-state index in [-0.39, 0.29) is 23.5 Å². The fourth-order valence-electron chi connectivity index (χ4n) is 2.02. The molecule has 0 amide bonds. The highest BCUT2D eigenvalue weighted by Crippen LogP contribution is 2.24. The zero-order chi connectivity index (χ0) is 16.1. The first-order valence-corrected chi connectivity index (χ1v) is 6.60. The molecule has 0 unspecified atom stereocenters. The standard InChI is InChI=1S/C17H14O5/c1-11(18)22-15-9-12(10-16(19)20)7-8-14(15)17(21)13-5-3-2-4-6-13/h2-9H,10H2,1H3,(H,19,20). The second-order valence-corrected chi connectivity index (χ2v) is 4.69. The molecule has 0 aromatic heterocycles. The monoisotopic (exact) mass is 298 g/mol. The third-order valence-electron chi connectivity index (χ3n) is 2.94. The molecule has 5 heteroatoms. The lowest BCUT2D eigenvalue weighted by molar-refractivity contribution is -0.136. The van der Waals surface area contributed by atoms with E-state index < -0.39 is 11.9 Å². The lowest BCUT2D eigenvalue weighted by Crippen LogP contribution is -2.10. The Balaban J connectivity index is 2.43. The number of carboxylic acid groups (broad SMARTS) is 1. The molecule has 0 saturated carbocycles. The molecule has 0 aliphatic rings. The van der Waals surface area contributed by atoms with Crippen molar-refractivity contribution in [3.05, 3.63) is 65.2 Å². The number of esters is 1. The maximum atomic E-state index is 12.5. The van der Waals surface area contributed by atoms with Crippen LogP contribution in [-0.2, 0) is 16.0 Å². The van der Waals surface area contributed by atoms with E-state index in [1.54, 1.807) is 30.3 Å². The predicted molar refractivity (Wildman–Crippen MR) is 79.0 cm³/mol. The summed E-state index contributed by atoms with van der Waals surface area (Å²) in [5, 5.41) is 8.82. The van der Waals surface area contributed by atoms with Crippen LogP contribution in [-0.4, -0.2) is 22.8 Å². The van der Waals surface area contributed by atoms with Crippen molar-refractivity contribution in [1.29, 1.82) is 0 Å². The molecular weight excluding hydrogens is 284 g/mol. The van der Waals surface area contributed by atoms with Gasteiger partial charge in [-0.2, -0.15) is 0 Å². The molecule has 0 radical (unpaired) electrons. The first kappa shape index (κ1) is 15.4. The van der Waals surface area contributed by atoms with Gasteiger partial charge in [0, 0.05) is 12.5 Å². The average Bonchev–Trinajstić information content (AvgIpc) is 2.46. The van der Waals surface area contributed by atoms with Crippen LogP contribution < -0.4 is 4.74 Å². The summed E-state index contributed by atoms with van der Waals surface area (Å²) in [4.78, 5) is 34.5. The van der Waals surface area contributed by atoms with Crippen LogP contribution in [0.5, 0.6) is 5.75 Å². The zero-order valence-electron chi connectivity index (χ0n) is 11.9. The average molecular weight is 298 g/mol. The van der Waals surface area contributed by atoms with Crippen molar-refractivity contribution in [2.45, 2.75) is 13.3 Å². The van der Waals surface area contributed by atoms with Crippen molar-refractivity contribution in [1.82, 2.24) is 0 Å². The zero-order valence-corrected chi connectivity index (χ0v) is 11.9. The maximum Gasteiger partial charge on any atom is 0.308 e. The highest BCUT2D eigenvalue weighted by Gasteiger charge is 2.17. The second kappa shape index (κ2) is 6.67. The molecule has 0 bridgehead atoms. The van der Waals surface area contributed by atoms with Gasteiger partial charge in [0.1, 0.15) is 5.75 Å². The predicted octanol–water partition coefficient (Wildman–Crippen LogP) is 2.47. The smallest absolute Gasteiger partial charge is 0.308 e. The minimum absolute atomic E-state index is 0.0695. The first-order chi connectivity index (χ1) is 10.5. The molecule has 22 heavy (non-hydrogen) atoms. The third kappa shape index (κ3) is 3.79. The number of benzene rings is 2. The van der Waals surface area contributed by atoms with Gasteiger partial charge in [0.15, 0.2) is 5.78 Å². The van der Waals surface area contributed by atoms with Crippen molar-refractivity contribution in [3.63, 3.8) is 0 Å². The highest BCUT2D eigenvalue weighted by atomic mass is 16.5. The van der Waals surface area contributed by atoms with Crippen molar-refractivity contribution in [2.24, 2.45) is 0 Å². The quantitative estimate of drug-likeness (QED) is 0.521. The molecule has 5 nitrogen and oxygen atoms in total. The van der Waals surface area contributed by atoms with Gasteiger partial charge < -0.3 is 9.84 Å². The number of aliphatic carboxylic acids is 1. The van der Waals surface area contributed by atoms with Gasteiger partial charge in [-0.3, -0.25) is 14.4 Å². The van der Waals surface area contributed by atoms with Gasteiger partial charge in [-0.05, 0) is 17.7 Å². The van der Waals surface area contributed by atoms with E-state index in [0.29, 0.717) is 11.1 Å². The molecule has 0 spiro atoms. The molecule has 0 fully saturated rings. The fraction of sp³-hybridized carbons (Fsp3) is 0.118. The third-order valence-corrected chi connectivity index (χ3v) is 2.94. The molecule has 0 aliphatic heterocycles. The first-order valence-electron chi connectivity index (χ1n) is 6.60.